The molecule has 1 aromatic carbocycles. The highest BCUT2D eigenvalue weighted by molar-refractivity contribution is 5.91. The second-order valence-electron chi connectivity index (χ2n) is 6.82. The van der Waals surface area contributed by atoms with Crippen LogP contribution in [0.25, 0.3) is 0 Å². The summed E-state index contributed by atoms with van der Waals surface area (Å²) in [5.74, 6) is 0.951. The lowest BCUT2D eigenvalue weighted by molar-refractivity contribution is 0.0946. The molecule has 0 atom stereocenters. The molecule has 2 aromatic heterocycles. The third kappa shape index (κ3) is 4.44. The largest absolute Gasteiger partial charge is 0.439 e. The van der Waals surface area contributed by atoms with Crippen LogP contribution in [0, 0.1) is 0 Å². The minimum absolute atomic E-state index is 0.218. The van der Waals surface area contributed by atoms with E-state index in [1.165, 1.54) is 0 Å². The lowest BCUT2D eigenvalue weighted by Gasteiger charge is -2.17. The molecule has 7 heteroatoms. The Balaban J connectivity index is 1.56. The Bertz CT molecular complexity index is 867. The zero-order valence-corrected chi connectivity index (χ0v) is 15.0. The van der Waals surface area contributed by atoms with E-state index in [2.05, 4.69) is 20.6 Å². The summed E-state index contributed by atoms with van der Waals surface area (Å²) in [5, 5.41) is 10.7. The van der Waals surface area contributed by atoms with Gasteiger partial charge in [0.15, 0.2) is 5.69 Å². The first-order chi connectivity index (χ1) is 12.4. The highest BCUT2D eigenvalue weighted by Crippen LogP contribution is 2.18. The molecular weight excluding hydrogens is 330 g/mol. The molecule has 0 radical (unpaired) electrons. The van der Waals surface area contributed by atoms with Gasteiger partial charge in [0, 0.05) is 18.8 Å². The van der Waals surface area contributed by atoms with Crippen LogP contribution in [-0.4, -0.2) is 25.9 Å². The van der Waals surface area contributed by atoms with E-state index in [-0.39, 0.29) is 17.1 Å². The molecule has 3 rings (SSSR count). The van der Waals surface area contributed by atoms with E-state index in [0.717, 1.165) is 11.3 Å². The molecule has 0 bridgehead atoms. The summed E-state index contributed by atoms with van der Waals surface area (Å²) in [4.78, 5) is 16.4. The molecule has 0 aliphatic carbocycles. The molecule has 26 heavy (non-hydrogen) atoms. The highest BCUT2D eigenvalue weighted by atomic mass is 16.5. The molecule has 2 heterocycles. The van der Waals surface area contributed by atoms with Gasteiger partial charge in [0.05, 0.1) is 11.7 Å². The first-order valence-corrected chi connectivity index (χ1v) is 8.31. The third-order valence-electron chi connectivity index (χ3n) is 3.63. The number of aromatic nitrogens is 4. The fourth-order valence-electron chi connectivity index (χ4n) is 2.15. The minimum atomic E-state index is -0.273. The van der Waals surface area contributed by atoms with Gasteiger partial charge in [0.25, 0.3) is 5.91 Å². The fourth-order valence-corrected chi connectivity index (χ4v) is 2.15. The number of hydrogen-bond acceptors (Lipinski definition) is 5. The first kappa shape index (κ1) is 17.6. The van der Waals surface area contributed by atoms with Gasteiger partial charge in [0.2, 0.25) is 5.88 Å². The van der Waals surface area contributed by atoms with E-state index in [4.69, 9.17) is 4.74 Å². The Morgan fingerprint density at radius 1 is 1.15 bits per heavy atom. The summed E-state index contributed by atoms with van der Waals surface area (Å²) in [6.45, 7) is 6.33. The van der Waals surface area contributed by atoms with Crippen LogP contribution in [-0.2, 0) is 12.1 Å². The van der Waals surface area contributed by atoms with Crippen molar-refractivity contribution in [2.75, 3.05) is 0 Å². The van der Waals surface area contributed by atoms with Gasteiger partial charge in [-0.05, 0) is 38.5 Å². The van der Waals surface area contributed by atoms with Crippen molar-refractivity contribution in [2.24, 2.45) is 0 Å². The zero-order valence-electron chi connectivity index (χ0n) is 15.0. The Hall–Kier alpha value is -3.22. The number of amides is 1. The van der Waals surface area contributed by atoms with Crippen molar-refractivity contribution < 1.29 is 9.53 Å². The van der Waals surface area contributed by atoms with Gasteiger partial charge in [-0.2, -0.15) is 0 Å². The molecule has 1 amide bonds. The van der Waals surface area contributed by atoms with Crippen LogP contribution in [0.2, 0.25) is 0 Å². The standard InChI is InChI=1S/C19H21N5O2/c1-19(2,3)24-13-16(22-23-24)18(25)21-12-14-9-10-17(20-11-14)26-15-7-5-4-6-8-15/h4-11,13H,12H2,1-3H3,(H,21,25). The van der Waals surface area contributed by atoms with Crippen LogP contribution in [0.4, 0.5) is 0 Å². The maximum Gasteiger partial charge on any atom is 0.273 e. The van der Waals surface area contributed by atoms with E-state index >= 15 is 0 Å². The molecular formula is C19H21N5O2. The minimum Gasteiger partial charge on any atom is -0.439 e. The number of carbonyl (C=O) groups is 1. The normalized spacial score (nSPS) is 11.2. The van der Waals surface area contributed by atoms with Crippen LogP contribution in [0.5, 0.6) is 11.6 Å². The van der Waals surface area contributed by atoms with E-state index in [1.807, 2.05) is 57.2 Å². The van der Waals surface area contributed by atoms with E-state index in [9.17, 15) is 4.79 Å². The molecule has 1 N–H and O–H groups in total. The molecule has 0 spiro atoms. The summed E-state index contributed by atoms with van der Waals surface area (Å²) in [6, 6.07) is 13.1. The van der Waals surface area contributed by atoms with Crippen LogP contribution in [0.15, 0.2) is 54.9 Å². The van der Waals surface area contributed by atoms with Crippen LogP contribution < -0.4 is 10.1 Å². The van der Waals surface area contributed by atoms with E-state index in [1.54, 1.807) is 23.1 Å². The predicted octanol–water partition coefficient (Wildman–Crippen LogP) is 3.15. The zero-order chi connectivity index (χ0) is 18.6. The number of rotatable bonds is 5. The average Bonchev–Trinajstić information content (AvgIpc) is 3.12. The van der Waals surface area contributed by atoms with Crippen molar-refractivity contribution >= 4 is 5.91 Å². The van der Waals surface area contributed by atoms with Crippen molar-refractivity contribution in [1.29, 1.82) is 0 Å². The lowest BCUT2D eigenvalue weighted by Crippen LogP contribution is -2.24. The Morgan fingerprint density at radius 2 is 1.92 bits per heavy atom. The summed E-state index contributed by atoms with van der Waals surface area (Å²) >= 11 is 0. The number of benzene rings is 1. The fraction of sp³-hybridized carbons (Fsp3) is 0.263. The Kier molecular flexibility index (Phi) is 4.97. The number of carbonyl (C=O) groups excluding carboxylic acids is 1. The summed E-state index contributed by atoms with van der Waals surface area (Å²) in [5.41, 5.74) is 0.934. The van der Waals surface area contributed by atoms with Crippen LogP contribution in [0.1, 0.15) is 36.8 Å². The maximum atomic E-state index is 12.2. The Morgan fingerprint density at radius 3 is 2.54 bits per heavy atom. The summed E-state index contributed by atoms with van der Waals surface area (Å²) in [6.07, 6.45) is 3.31. The lowest BCUT2D eigenvalue weighted by atomic mass is 10.1. The SMILES string of the molecule is CC(C)(C)n1cc(C(=O)NCc2ccc(Oc3ccccc3)nc2)nn1. The van der Waals surface area contributed by atoms with Crippen molar-refractivity contribution in [3.05, 3.63) is 66.1 Å². The monoisotopic (exact) mass is 351 g/mol. The maximum absolute atomic E-state index is 12.2. The van der Waals surface area contributed by atoms with Gasteiger partial charge in [-0.1, -0.05) is 29.5 Å². The average molecular weight is 351 g/mol. The van der Waals surface area contributed by atoms with E-state index < -0.39 is 0 Å². The molecule has 0 aliphatic rings. The van der Waals surface area contributed by atoms with Gasteiger partial charge >= 0.3 is 0 Å². The predicted molar refractivity (Wildman–Crippen MR) is 96.9 cm³/mol. The second kappa shape index (κ2) is 7.35. The number of nitrogens with zero attached hydrogens (tertiary/aromatic N) is 4. The Labute approximate surface area is 152 Å². The van der Waals surface area contributed by atoms with Gasteiger partial charge in [-0.15, -0.1) is 5.10 Å². The quantitative estimate of drug-likeness (QED) is 0.763. The van der Waals surface area contributed by atoms with Gasteiger partial charge in [-0.3, -0.25) is 4.79 Å². The van der Waals surface area contributed by atoms with Gasteiger partial charge < -0.3 is 10.1 Å². The smallest absolute Gasteiger partial charge is 0.273 e. The first-order valence-electron chi connectivity index (χ1n) is 8.31. The molecule has 0 unspecified atom stereocenters. The summed E-state index contributed by atoms with van der Waals surface area (Å²) < 4.78 is 7.31. The summed E-state index contributed by atoms with van der Waals surface area (Å²) in [7, 11) is 0. The van der Waals surface area contributed by atoms with Crippen molar-refractivity contribution in [3.63, 3.8) is 0 Å². The number of para-hydroxylation sites is 1. The molecule has 134 valence electrons. The van der Waals surface area contributed by atoms with Crippen LogP contribution in [0.3, 0.4) is 0 Å². The molecule has 0 fully saturated rings. The molecule has 0 saturated heterocycles. The van der Waals surface area contributed by atoms with Gasteiger partial charge in [-0.25, -0.2) is 9.67 Å². The molecule has 0 saturated carbocycles. The number of pyridine rings is 1. The molecule has 7 nitrogen and oxygen atoms in total. The van der Waals surface area contributed by atoms with Crippen molar-refractivity contribution in [3.8, 4) is 11.6 Å². The van der Waals surface area contributed by atoms with E-state index in [0.29, 0.717) is 12.4 Å². The topological polar surface area (TPSA) is 81.9 Å². The molecule has 3 aromatic rings. The van der Waals surface area contributed by atoms with Gasteiger partial charge in [0.1, 0.15) is 5.75 Å². The second-order valence-corrected chi connectivity index (χ2v) is 6.82. The number of ether oxygens (including phenoxy) is 1. The van der Waals surface area contributed by atoms with Crippen molar-refractivity contribution in [2.45, 2.75) is 32.9 Å². The molecule has 0 aliphatic heterocycles. The van der Waals surface area contributed by atoms with Crippen LogP contribution >= 0.6 is 0 Å². The number of nitrogens with one attached hydrogen (secondary N) is 1. The third-order valence-corrected chi connectivity index (χ3v) is 3.63. The van der Waals surface area contributed by atoms with Crippen molar-refractivity contribution in [1.82, 2.24) is 25.3 Å². The highest BCUT2D eigenvalue weighted by Gasteiger charge is 2.18. The number of hydrogen-bond donors (Lipinski definition) is 1.